The van der Waals surface area contributed by atoms with Gasteiger partial charge >= 0.3 is 0 Å². The number of aliphatic hydroxyl groups is 1. The Morgan fingerprint density at radius 1 is 1.38 bits per heavy atom. The molecule has 1 aliphatic rings. The minimum atomic E-state index is -3.64. The molecular weight excluding hydrogens is 350 g/mol. The first kappa shape index (κ1) is 15.5. The standard InChI is InChI=1S/C13H14ClNO3S3/c14-11-5-6-12(20-11)21(17,18)15-8-13(16,9-3-4-9)10-2-1-7-19-10/h1-2,5-7,9,15-16H,3-4,8H2. The predicted octanol–water partition coefficient (Wildman–Crippen LogP) is 3.04. The van der Waals surface area contributed by atoms with Crippen molar-refractivity contribution >= 4 is 44.3 Å². The van der Waals surface area contributed by atoms with Gasteiger partial charge in [0.2, 0.25) is 10.0 Å². The zero-order valence-electron chi connectivity index (χ0n) is 11.0. The summed E-state index contributed by atoms with van der Waals surface area (Å²) in [5.74, 6) is 0.116. The number of rotatable bonds is 6. The molecule has 0 saturated heterocycles. The van der Waals surface area contributed by atoms with E-state index in [1.54, 1.807) is 6.07 Å². The highest BCUT2D eigenvalue weighted by molar-refractivity contribution is 7.91. The maximum atomic E-state index is 12.2. The van der Waals surface area contributed by atoms with E-state index in [0.717, 1.165) is 29.1 Å². The van der Waals surface area contributed by atoms with Crippen LogP contribution in [-0.2, 0) is 15.6 Å². The summed E-state index contributed by atoms with van der Waals surface area (Å²) in [6, 6.07) is 6.73. The number of halogens is 1. The molecule has 1 fully saturated rings. The Morgan fingerprint density at radius 3 is 2.67 bits per heavy atom. The van der Waals surface area contributed by atoms with Gasteiger partial charge in [0, 0.05) is 11.4 Å². The topological polar surface area (TPSA) is 66.4 Å². The highest BCUT2D eigenvalue weighted by Crippen LogP contribution is 2.46. The molecule has 0 radical (unpaired) electrons. The summed E-state index contributed by atoms with van der Waals surface area (Å²) in [4.78, 5) is 0.803. The summed E-state index contributed by atoms with van der Waals surface area (Å²) in [6.07, 6.45) is 1.84. The Hall–Kier alpha value is -0.440. The lowest BCUT2D eigenvalue weighted by molar-refractivity contribution is 0.0222. The lowest BCUT2D eigenvalue weighted by Crippen LogP contribution is -2.41. The zero-order valence-corrected chi connectivity index (χ0v) is 14.2. The number of hydrogen-bond acceptors (Lipinski definition) is 5. The van der Waals surface area contributed by atoms with Crippen molar-refractivity contribution < 1.29 is 13.5 Å². The van der Waals surface area contributed by atoms with Gasteiger partial charge in [0.1, 0.15) is 9.81 Å². The first-order chi connectivity index (χ1) is 9.92. The maximum Gasteiger partial charge on any atom is 0.250 e. The lowest BCUT2D eigenvalue weighted by Gasteiger charge is -2.27. The number of thiophene rings is 2. The van der Waals surface area contributed by atoms with Gasteiger partial charge in [-0.05, 0) is 42.3 Å². The molecule has 21 heavy (non-hydrogen) atoms. The number of sulfonamides is 1. The molecule has 2 aromatic rings. The third kappa shape index (κ3) is 3.18. The fourth-order valence-electron chi connectivity index (χ4n) is 2.24. The second kappa shape index (κ2) is 5.64. The van der Waals surface area contributed by atoms with E-state index in [2.05, 4.69) is 4.72 Å². The van der Waals surface area contributed by atoms with Gasteiger partial charge < -0.3 is 5.11 Å². The van der Waals surface area contributed by atoms with Crippen molar-refractivity contribution in [3.05, 3.63) is 38.9 Å². The Morgan fingerprint density at radius 2 is 2.14 bits per heavy atom. The van der Waals surface area contributed by atoms with Crippen LogP contribution in [0.4, 0.5) is 0 Å². The first-order valence-electron chi connectivity index (χ1n) is 6.43. The fourth-order valence-corrected chi connectivity index (χ4v) is 5.74. The highest BCUT2D eigenvalue weighted by Gasteiger charge is 2.46. The van der Waals surface area contributed by atoms with Gasteiger partial charge in [-0.2, -0.15) is 0 Å². The van der Waals surface area contributed by atoms with E-state index in [1.807, 2.05) is 17.5 Å². The van der Waals surface area contributed by atoms with Crippen molar-refractivity contribution in [3.8, 4) is 0 Å². The summed E-state index contributed by atoms with van der Waals surface area (Å²) in [7, 11) is -3.64. The van der Waals surface area contributed by atoms with E-state index in [9.17, 15) is 13.5 Å². The van der Waals surface area contributed by atoms with Crippen LogP contribution in [-0.4, -0.2) is 20.1 Å². The highest BCUT2D eigenvalue weighted by atomic mass is 35.5. The molecule has 0 spiro atoms. The van der Waals surface area contributed by atoms with Crippen molar-refractivity contribution in [2.24, 2.45) is 5.92 Å². The van der Waals surface area contributed by atoms with Crippen molar-refractivity contribution in [2.75, 3.05) is 6.54 Å². The van der Waals surface area contributed by atoms with Crippen LogP contribution >= 0.6 is 34.3 Å². The third-order valence-corrected chi connectivity index (χ3v) is 7.71. The minimum absolute atomic E-state index is 0.0178. The van der Waals surface area contributed by atoms with Crippen LogP contribution in [0.5, 0.6) is 0 Å². The summed E-state index contributed by atoms with van der Waals surface area (Å²) >= 11 is 8.22. The Balaban J connectivity index is 1.79. The average molecular weight is 364 g/mol. The second-order valence-electron chi connectivity index (χ2n) is 5.06. The summed E-state index contributed by atoms with van der Waals surface area (Å²) < 4.78 is 27.6. The molecule has 2 N–H and O–H groups in total. The molecule has 2 aromatic heterocycles. The SMILES string of the molecule is O=S(=O)(NCC(O)(c1cccs1)C1CC1)c1ccc(Cl)s1. The van der Waals surface area contributed by atoms with Gasteiger partial charge in [-0.3, -0.25) is 0 Å². The van der Waals surface area contributed by atoms with Gasteiger partial charge in [0.05, 0.1) is 4.34 Å². The van der Waals surface area contributed by atoms with Gasteiger partial charge in [0.15, 0.2) is 0 Å². The van der Waals surface area contributed by atoms with Crippen LogP contribution in [0.3, 0.4) is 0 Å². The van der Waals surface area contributed by atoms with E-state index < -0.39 is 15.6 Å². The molecule has 3 rings (SSSR count). The summed E-state index contributed by atoms with van der Waals surface area (Å²) in [5, 5.41) is 12.8. The van der Waals surface area contributed by atoms with E-state index in [-0.39, 0.29) is 16.7 Å². The molecule has 8 heteroatoms. The molecule has 1 atom stereocenters. The normalized spacial score (nSPS) is 18.6. The smallest absolute Gasteiger partial charge is 0.250 e. The molecule has 1 saturated carbocycles. The van der Waals surface area contributed by atoms with Gasteiger partial charge in [-0.15, -0.1) is 22.7 Å². The van der Waals surface area contributed by atoms with E-state index in [1.165, 1.54) is 17.4 Å². The molecule has 1 unspecified atom stereocenters. The summed E-state index contributed by atoms with van der Waals surface area (Å²) in [6.45, 7) is -0.0178. The van der Waals surface area contributed by atoms with Crippen molar-refractivity contribution in [3.63, 3.8) is 0 Å². The third-order valence-electron chi connectivity index (χ3n) is 3.55. The largest absolute Gasteiger partial charge is 0.383 e. The molecule has 0 amide bonds. The van der Waals surface area contributed by atoms with Gasteiger partial charge in [-0.1, -0.05) is 17.7 Å². The van der Waals surface area contributed by atoms with Crippen LogP contribution in [0.2, 0.25) is 4.34 Å². The van der Waals surface area contributed by atoms with E-state index >= 15 is 0 Å². The maximum absolute atomic E-state index is 12.2. The first-order valence-corrected chi connectivity index (χ1v) is 9.99. The monoisotopic (exact) mass is 363 g/mol. The Kier molecular flexibility index (Phi) is 4.15. The Bertz CT molecular complexity index is 722. The average Bonchev–Trinajstić information content (AvgIpc) is 2.97. The lowest BCUT2D eigenvalue weighted by atomic mass is 9.96. The van der Waals surface area contributed by atoms with Crippen LogP contribution in [0.25, 0.3) is 0 Å². The molecule has 4 nitrogen and oxygen atoms in total. The van der Waals surface area contributed by atoms with Gasteiger partial charge in [0.25, 0.3) is 0 Å². The number of nitrogens with one attached hydrogen (secondary N) is 1. The molecule has 0 aromatic carbocycles. The molecule has 1 aliphatic carbocycles. The predicted molar refractivity (Wildman–Crippen MR) is 85.5 cm³/mol. The van der Waals surface area contributed by atoms with E-state index in [0.29, 0.717) is 4.34 Å². The summed E-state index contributed by atoms with van der Waals surface area (Å²) in [5.41, 5.74) is -1.12. The van der Waals surface area contributed by atoms with Crippen LogP contribution < -0.4 is 4.72 Å². The Labute approximate surface area is 136 Å². The quantitative estimate of drug-likeness (QED) is 0.829. The molecule has 114 valence electrons. The molecule has 0 bridgehead atoms. The molecule has 0 aliphatic heterocycles. The fraction of sp³-hybridized carbons (Fsp3) is 0.385. The van der Waals surface area contributed by atoms with Crippen molar-refractivity contribution in [1.82, 2.24) is 4.72 Å². The van der Waals surface area contributed by atoms with E-state index in [4.69, 9.17) is 11.6 Å². The van der Waals surface area contributed by atoms with Crippen molar-refractivity contribution in [2.45, 2.75) is 22.7 Å². The number of hydrogen-bond donors (Lipinski definition) is 2. The minimum Gasteiger partial charge on any atom is -0.383 e. The molecular formula is C13H14ClNO3S3. The van der Waals surface area contributed by atoms with Crippen LogP contribution in [0, 0.1) is 5.92 Å². The molecule has 2 heterocycles. The zero-order chi connectivity index (χ0) is 15.1. The van der Waals surface area contributed by atoms with Crippen molar-refractivity contribution in [1.29, 1.82) is 0 Å². The van der Waals surface area contributed by atoms with Crippen LogP contribution in [0.1, 0.15) is 17.7 Å². The second-order valence-corrected chi connectivity index (χ2v) is 9.72. The van der Waals surface area contributed by atoms with Crippen LogP contribution in [0.15, 0.2) is 33.9 Å². The van der Waals surface area contributed by atoms with Gasteiger partial charge in [-0.25, -0.2) is 13.1 Å².